The molecule has 3 rings (SSSR count). The second kappa shape index (κ2) is 9.90. The predicted octanol–water partition coefficient (Wildman–Crippen LogP) is 4.16. The third-order valence-electron chi connectivity index (χ3n) is 5.57. The van der Waals surface area contributed by atoms with Gasteiger partial charge in [-0.1, -0.05) is 48.5 Å². The number of para-hydroxylation sites is 1. The van der Waals surface area contributed by atoms with Crippen LogP contribution in [0.1, 0.15) is 39.2 Å². The molecule has 2 aromatic rings. The number of carbonyl (C=O) groups excluding carboxylic acids is 2. The van der Waals surface area contributed by atoms with Crippen LogP contribution in [0.4, 0.5) is 5.69 Å². The van der Waals surface area contributed by atoms with E-state index in [1.807, 2.05) is 53.4 Å². The number of likely N-dealkylation sites (tertiary alicyclic amines) is 1. The number of nitrogens with one attached hydrogen (secondary N) is 1. The van der Waals surface area contributed by atoms with Gasteiger partial charge in [-0.05, 0) is 57.9 Å². The number of piperidine rings is 1. The summed E-state index contributed by atoms with van der Waals surface area (Å²) < 4.78 is 0. The van der Waals surface area contributed by atoms with Crippen molar-refractivity contribution in [2.75, 3.05) is 25.0 Å². The summed E-state index contributed by atoms with van der Waals surface area (Å²) in [6, 6.07) is 19.6. The van der Waals surface area contributed by atoms with Crippen LogP contribution in [0.5, 0.6) is 0 Å². The summed E-state index contributed by atoms with van der Waals surface area (Å²) in [6.07, 6.45) is 1.78. The van der Waals surface area contributed by atoms with Crippen molar-refractivity contribution in [2.45, 2.75) is 45.7 Å². The van der Waals surface area contributed by atoms with Gasteiger partial charge < -0.3 is 10.2 Å². The van der Waals surface area contributed by atoms with Crippen molar-refractivity contribution in [1.82, 2.24) is 9.80 Å². The highest BCUT2D eigenvalue weighted by Crippen LogP contribution is 2.21. The van der Waals surface area contributed by atoms with Crippen LogP contribution >= 0.6 is 0 Å². The molecule has 1 heterocycles. The number of amides is 2. The summed E-state index contributed by atoms with van der Waals surface area (Å²) in [7, 11) is 0. The van der Waals surface area contributed by atoms with Crippen LogP contribution in [-0.4, -0.2) is 46.8 Å². The summed E-state index contributed by atoms with van der Waals surface area (Å²) in [4.78, 5) is 30.0. The van der Waals surface area contributed by atoms with Crippen molar-refractivity contribution in [3.05, 3.63) is 66.2 Å². The highest BCUT2D eigenvalue weighted by atomic mass is 16.2. The van der Waals surface area contributed by atoms with Crippen LogP contribution in [0, 0.1) is 5.92 Å². The number of nitrogens with zero attached hydrogens (tertiary/aromatic N) is 2. The van der Waals surface area contributed by atoms with Gasteiger partial charge in [0.05, 0.1) is 12.5 Å². The molecule has 1 atom stereocenters. The van der Waals surface area contributed by atoms with Crippen molar-refractivity contribution in [3.63, 3.8) is 0 Å². The van der Waals surface area contributed by atoms with E-state index < -0.39 is 0 Å². The third-order valence-corrected chi connectivity index (χ3v) is 5.57. The Bertz CT molecular complexity index is 830. The van der Waals surface area contributed by atoms with Crippen LogP contribution in [0.3, 0.4) is 0 Å². The molecule has 1 aliphatic rings. The molecule has 0 aromatic heterocycles. The fourth-order valence-corrected chi connectivity index (χ4v) is 3.92. The Kier molecular flexibility index (Phi) is 7.27. The Labute approximate surface area is 180 Å². The first-order valence-electron chi connectivity index (χ1n) is 10.8. The van der Waals surface area contributed by atoms with Crippen LogP contribution in [0.15, 0.2) is 60.7 Å². The maximum Gasteiger partial charge on any atom is 0.237 e. The van der Waals surface area contributed by atoms with Gasteiger partial charge in [0.1, 0.15) is 0 Å². The molecule has 2 aromatic carbocycles. The molecule has 5 heteroatoms. The maximum absolute atomic E-state index is 13.2. The molecule has 30 heavy (non-hydrogen) atoms. The molecular weight excluding hydrogens is 374 g/mol. The van der Waals surface area contributed by atoms with Gasteiger partial charge in [-0.2, -0.15) is 0 Å². The highest BCUT2D eigenvalue weighted by Gasteiger charge is 2.31. The van der Waals surface area contributed by atoms with Crippen molar-refractivity contribution in [3.8, 4) is 0 Å². The molecule has 0 unspecified atom stereocenters. The second-order valence-corrected chi connectivity index (χ2v) is 9.07. The zero-order valence-electron chi connectivity index (χ0n) is 18.3. The lowest BCUT2D eigenvalue weighted by molar-refractivity contribution is -0.139. The molecule has 2 amide bonds. The number of carbonyl (C=O) groups is 2. The van der Waals surface area contributed by atoms with Crippen molar-refractivity contribution in [1.29, 1.82) is 0 Å². The number of rotatable bonds is 6. The fraction of sp³-hybridized carbons (Fsp3) is 0.440. The zero-order valence-corrected chi connectivity index (χ0v) is 18.3. The normalized spacial score (nSPS) is 17.4. The van der Waals surface area contributed by atoms with Gasteiger partial charge in [0.15, 0.2) is 0 Å². The molecule has 0 bridgehead atoms. The third kappa shape index (κ3) is 6.17. The van der Waals surface area contributed by atoms with E-state index in [9.17, 15) is 9.59 Å². The van der Waals surface area contributed by atoms with Gasteiger partial charge in [0, 0.05) is 24.3 Å². The van der Waals surface area contributed by atoms with Gasteiger partial charge in [0.2, 0.25) is 11.8 Å². The first-order chi connectivity index (χ1) is 14.3. The van der Waals surface area contributed by atoms with Crippen molar-refractivity contribution in [2.24, 2.45) is 5.92 Å². The molecule has 0 aliphatic carbocycles. The Morgan fingerprint density at radius 3 is 2.30 bits per heavy atom. The number of benzene rings is 2. The van der Waals surface area contributed by atoms with Crippen molar-refractivity contribution < 1.29 is 9.59 Å². The lowest BCUT2D eigenvalue weighted by Gasteiger charge is -2.39. The fourth-order valence-electron chi connectivity index (χ4n) is 3.92. The molecule has 1 fully saturated rings. The SMILES string of the molecule is CC(C)(C)N(Cc1ccccc1)C(=O)CN1CCC[C@@H](C(=O)Nc2ccccc2)C1. The molecule has 160 valence electrons. The number of hydrogen-bond acceptors (Lipinski definition) is 3. The summed E-state index contributed by atoms with van der Waals surface area (Å²) in [6.45, 7) is 8.62. The van der Waals surface area contributed by atoms with Gasteiger partial charge in [0.25, 0.3) is 0 Å². The number of anilines is 1. The molecular formula is C25H33N3O2. The molecule has 1 saturated heterocycles. The van der Waals surface area contributed by atoms with Crippen LogP contribution in [0.2, 0.25) is 0 Å². The van der Waals surface area contributed by atoms with Gasteiger partial charge in [-0.15, -0.1) is 0 Å². The molecule has 0 spiro atoms. The topological polar surface area (TPSA) is 52.7 Å². The van der Waals surface area contributed by atoms with E-state index in [-0.39, 0.29) is 23.3 Å². The molecule has 1 aliphatic heterocycles. The lowest BCUT2D eigenvalue weighted by Crippen LogP contribution is -2.51. The van der Waals surface area contributed by atoms with Gasteiger partial charge >= 0.3 is 0 Å². The van der Waals surface area contributed by atoms with E-state index >= 15 is 0 Å². The molecule has 0 saturated carbocycles. The Hall–Kier alpha value is -2.66. The van der Waals surface area contributed by atoms with Gasteiger partial charge in [-0.25, -0.2) is 0 Å². The van der Waals surface area contributed by atoms with E-state index in [1.54, 1.807) is 0 Å². The zero-order chi connectivity index (χ0) is 21.6. The quantitative estimate of drug-likeness (QED) is 0.782. The minimum Gasteiger partial charge on any atom is -0.332 e. The Balaban J connectivity index is 1.60. The van der Waals surface area contributed by atoms with Crippen LogP contribution in [0.25, 0.3) is 0 Å². The predicted molar refractivity (Wildman–Crippen MR) is 121 cm³/mol. The van der Waals surface area contributed by atoms with Crippen LogP contribution < -0.4 is 5.32 Å². The second-order valence-electron chi connectivity index (χ2n) is 9.07. The van der Waals surface area contributed by atoms with Gasteiger partial charge in [-0.3, -0.25) is 14.5 Å². The Morgan fingerprint density at radius 2 is 1.67 bits per heavy atom. The van der Waals surface area contributed by atoms with Crippen molar-refractivity contribution >= 4 is 17.5 Å². The molecule has 5 nitrogen and oxygen atoms in total. The lowest BCUT2D eigenvalue weighted by atomic mass is 9.96. The molecule has 0 radical (unpaired) electrons. The smallest absolute Gasteiger partial charge is 0.237 e. The van der Waals surface area contributed by atoms with E-state index in [0.29, 0.717) is 19.6 Å². The maximum atomic E-state index is 13.2. The Morgan fingerprint density at radius 1 is 1.03 bits per heavy atom. The largest absolute Gasteiger partial charge is 0.332 e. The van der Waals surface area contributed by atoms with E-state index in [4.69, 9.17) is 0 Å². The number of hydrogen-bond donors (Lipinski definition) is 1. The molecule has 1 N–H and O–H groups in total. The van der Waals surface area contributed by atoms with Crippen LogP contribution in [-0.2, 0) is 16.1 Å². The van der Waals surface area contributed by atoms with E-state index in [0.717, 1.165) is 30.6 Å². The minimum atomic E-state index is -0.271. The summed E-state index contributed by atoms with van der Waals surface area (Å²) in [5, 5.41) is 3.00. The first-order valence-corrected chi connectivity index (χ1v) is 10.8. The first kappa shape index (κ1) is 22.0. The average Bonchev–Trinajstić information content (AvgIpc) is 2.73. The minimum absolute atomic E-state index is 0.0373. The van der Waals surface area contributed by atoms with E-state index in [1.165, 1.54) is 0 Å². The highest BCUT2D eigenvalue weighted by molar-refractivity contribution is 5.92. The van der Waals surface area contributed by atoms with E-state index in [2.05, 4.69) is 43.1 Å². The summed E-state index contributed by atoms with van der Waals surface area (Å²) >= 11 is 0. The average molecular weight is 408 g/mol. The summed E-state index contributed by atoms with van der Waals surface area (Å²) in [5.41, 5.74) is 1.67. The standard InChI is InChI=1S/C25H33N3O2/c1-25(2,3)28(17-20-11-6-4-7-12-20)23(29)19-27-16-10-13-21(18-27)24(30)26-22-14-8-5-9-15-22/h4-9,11-12,14-15,21H,10,13,16-19H2,1-3H3,(H,26,30)/t21-/m1/s1. The summed E-state index contributed by atoms with van der Waals surface area (Å²) in [5.74, 6) is 0.0507. The monoisotopic (exact) mass is 407 g/mol.